The van der Waals surface area contributed by atoms with Gasteiger partial charge in [0.1, 0.15) is 5.75 Å². The molecule has 0 aromatic heterocycles. The van der Waals surface area contributed by atoms with Gasteiger partial charge in [0.25, 0.3) is 5.91 Å². The lowest BCUT2D eigenvalue weighted by molar-refractivity contribution is -0.122. The molecule has 1 aromatic carbocycles. The third-order valence-electron chi connectivity index (χ3n) is 3.38. The van der Waals surface area contributed by atoms with E-state index in [-0.39, 0.29) is 5.91 Å². The van der Waals surface area contributed by atoms with Crippen LogP contribution in [0.2, 0.25) is 0 Å². The van der Waals surface area contributed by atoms with Crippen molar-refractivity contribution in [3.63, 3.8) is 0 Å². The van der Waals surface area contributed by atoms with E-state index in [1.165, 1.54) is 0 Å². The summed E-state index contributed by atoms with van der Waals surface area (Å²) in [6.07, 6.45) is -0.414. The smallest absolute Gasteiger partial charge is 0.265 e. The van der Waals surface area contributed by atoms with E-state index in [0.717, 1.165) is 43.3 Å². The molecule has 3 rings (SSSR count). The largest absolute Gasteiger partial charge is 0.479 e. The minimum Gasteiger partial charge on any atom is -0.479 e. The van der Waals surface area contributed by atoms with Gasteiger partial charge in [0.15, 0.2) is 6.10 Å². The van der Waals surface area contributed by atoms with Gasteiger partial charge in [0, 0.05) is 31.9 Å². The molecule has 18 heavy (non-hydrogen) atoms. The van der Waals surface area contributed by atoms with Gasteiger partial charge >= 0.3 is 0 Å². The molecule has 1 saturated heterocycles. The molecule has 5 nitrogen and oxygen atoms in total. The maximum atomic E-state index is 11.6. The first kappa shape index (κ1) is 11.3. The summed E-state index contributed by atoms with van der Waals surface area (Å²) in [5, 5.41) is 6.21. The van der Waals surface area contributed by atoms with Crippen molar-refractivity contribution in [3.8, 4) is 5.75 Å². The molecule has 0 saturated carbocycles. The van der Waals surface area contributed by atoms with Gasteiger partial charge in [-0.2, -0.15) is 0 Å². The van der Waals surface area contributed by atoms with Crippen LogP contribution in [0.1, 0.15) is 6.92 Å². The lowest BCUT2D eigenvalue weighted by Gasteiger charge is -2.31. The van der Waals surface area contributed by atoms with Gasteiger partial charge in [-0.25, -0.2) is 0 Å². The number of hydrogen-bond donors (Lipinski definition) is 2. The number of piperazine rings is 1. The van der Waals surface area contributed by atoms with Crippen molar-refractivity contribution >= 4 is 17.3 Å². The van der Waals surface area contributed by atoms with Crippen LogP contribution in [0.25, 0.3) is 0 Å². The van der Waals surface area contributed by atoms with E-state index in [0.29, 0.717) is 0 Å². The maximum Gasteiger partial charge on any atom is 0.265 e. The Hall–Kier alpha value is -1.75. The summed E-state index contributed by atoms with van der Waals surface area (Å²) in [5.41, 5.74) is 1.91. The number of fused-ring (bicyclic) bond motifs is 1. The van der Waals surface area contributed by atoms with E-state index in [2.05, 4.69) is 15.5 Å². The maximum absolute atomic E-state index is 11.6. The molecule has 5 heteroatoms. The number of carbonyl (C=O) groups excluding carboxylic acids is 1. The van der Waals surface area contributed by atoms with Crippen LogP contribution in [0, 0.1) is 0 Å². The zero-order valence-corrected chi connectivity index (χ0v) is 10.4. The average molecular weight is 247 g/mol. The molecule has 96 valence electrons. The van der Waals surface area contributed by atoms with Crippen molar-refractivity contribution in [2.45, 2.75) is 13.0 Å². The lowest BCUT2D eigenvalue weighted by atomic mass is 10.2. The van der Waals surface area contributed by atoms with Crippen LogP contribution in [0.15, 0.2) is 18.2 Å². The Morgan fingerprint density at radius 3 is 2.89 bits per heavy atom. The molecule has 2 aliphatic heterocycles. The normalized spacial score (nSPS) is 23.1. The van der Waals surface area contributed by atoms with Crippen LogP contribution < -0.4 is 20.3 Å². The lowest BCUT2D eigenvalue weighted by Crippen LogP contribution is -2.43. The fourth-order valence-corrected chi connectivity index (χ4v) is 2.32. The summed E-state index contributed by atoms with van der Waals surface area (Å²) < 4.78 is 5.54. The van der Waals surface area contributed by atoms with Crippen LogP contribution in [-0.4, -0.2) is 38.2 Å². The molecular weight excluding hydrogens is 230 g/mol. The van der Waals surface area contributed by atoms with Crippen molar-refractivity contribution in [2.24, 2.45) is 0 Å². The second kappa shape index (κ2) is 4.49. The number of amides is 1. The Labute approximate surface area is 106 Å². The van der Waals surface area contributed by atoms with Crippen molar-refractivity contribution in [3.05, 3.63) is 18.2 Å². The predicted molar refractivity (Wildman–Crippen MR) is 70.2 cm³/mol. The Morgan fingerprint density at radius 2 is 2.11 bits per heavy atom. The van der Waals surface area contributed by atoms with Gasteiger partial charge in [0.2, 0.25) is 0 Å². The molecule has 2 N–H and O–H groups in total. The highest BCUT2D eigenvalue weighted by atomic mass is 16.5. The third kappa shape index (κ3) is 2.01. The van der Waals surface area contributed by atoms with Crippen molar-refractivity contribution in [1.82, 2.24) is 5.32 Å². The third-order valence-corrected chi connectivity index (χ3v) is 3.38. The first-order valence-corrected chi connectivity index (χ1v) is 6.31. The Morgan fingerprint density at radius 1 is 1.33 bits per heavy atom. The summed E-state index contributed by atoms with van der Waals surface area (Å²) in [6.45, 7) is 5.73. The minimum absolute atomic E-state index is 0.0834. The molecule has 2 aliphatic rings. The summed E-state index contributed by atoms with van der Waals surface area (Å²) >= 11 is 0. The molecule has 1 atom stereocenters. The van der Waals surface area contributed by atoms with E-state index in [1.54, 1.807) is 6.92 Å². The number of anilines is 2. The molecule has 1 fully saturated rings. The number of nitrogens with one attached hydrogen (secondary N) is 2. The van der Waals surface area contributed by atoms with Gasteiger partial charge in [-0.3, -0.25) is 4.79 Å². The Kier molecular flexibility index (Phi) is 2.83. The summed E-state index contributed by atoms with van der Waals surface area (Å²) in [4.78, 5) is 13.9. The summed E-state index contributed by atoms with van der Waals surface area (Å²) in [7, 11) is 0. The fraction of sp³-hybridized carbons (Fsp3) is 0.462. The molecule has 0 radical (unpaired) electrons. The SMILES string of the molecule is CC1Oc2ccc(N3CCNCC3)cc2NC1=O. The predicted octanol–water partition coefficient (Wildman–Crippen LogP) is 0.816. The molecule has 0 spiro atoms. The number of hydrogen-bond acceptors (Lipinski definition) is 4. The molecule has 1 unspecified atom stereocenters. The summed E-state index contributed by atoms with van der Waals surface area (Å²) in [6, 6.07) is 5.97. The zero-order chi connectivity index (χ0) is 12.5. The Balaban J connectivity index is 1.86. The number of nitrogens with zero attached hydrogens (tertiary/aromatic N) is 1. The second-order valence-electron chi connectivity index (χ2n) is 4.67. The quantitative estimate of drug-likeness (QED) is 0.771. The molecular formula is C13H17N3O2. The number of carbonyl (C=O) groups is 1. The van der Waals surface area contributed by atoms with Gasteiger partial charge in [-0.1, -0.05) is 0 Å². The number of ether oxygens (including phenoxy) is 1. The van der Waals surface area contributed by atoms with Crippen LogP contribution in [-0.2, 0) is 4.79 Å². The number of benzene rings is 1. The highest BCUT2D eigenvalue weighted by Gasteiger charge is 2.24. The first-order valence-electron chi connectivity index (χ1n) is 6.31. The van der Waals surface area contributed by atoms with Gasteiger partial charge in [-0.15, -0.1) is 0 Å². The monoisotopic (exact) mass is 247 g/mol. The topological polar surface area (TPSA) is 53.6 Å². The van der Waals surface area contributed by atoms with Crippen LogP contribution in [0.4, 0.5) is 11.4 Å². The van der Waals surface area contributed by atoms with Gasteiger partial charge < -0.3 is 20.3 Å². The molecule has 1 aromatic rings. The van der Waals surface area contributed by atoms with E-state index in [1.807, 2.05) is 18.2 Å². The van der Waals surface area contributed by atoms with Gasteiger partial charge in [-0.05, 0) is 25.1 Å². The van der Waals surface area contributed by atoms with Crippen molar-refractivity contribution in [2.75, 3.05) is 36.4 Å². The van der Waals surface area contributed by atoms with Crippen molar-refractivity contribution < 1.29 is 9.53 Å². The van der Waals surface area contributed by atoms with E-state index < -0.39 is 6.10 Å². The Bertz CT molecular complexity index is 469. The highest BCUT2D eigenvalue weighted by molar-refractivity contribution is 5.98. The summed E-state index contributed by atoms with van der Waals surface area (Å²) in [5.74, 6) is 0.668. The van der Waals surface area contributed by atoms with Crippen LogP contribution in [0.5, 0.6) is 5.75 Å². The van der Waals surface area contributed by atoms with Crippen LogP contribution in [0.3, 0.4) is 0 Å². The fourth-order valence-electron chi connectivity index (χ4n) is 2.32. The second-order valence-corrected chi connectivity index (χ2v) is 4.67. The average Bonchev–Trinajstić information content (AvgIpc) is 2.41. The standard InChI is InChI=1S/C13H17N3O2/c1-9-13(17)15-11-8-10(2-3-12(11)18-9)16-6-4-14-5-7-16/h2-3,8-9,14H,4-7H2,1H3,(H,15,17). The van der Waals surface area contributed by atoms with Crippen molar-refractivity contribution in [1.29, 1.82) is 0 Å². The minimum atomic E-state index is -0.414. The molecule has 0 aliphatic carbocycles. The molecule has 0 bridgehead atoms. The van der Waals surface area contributed by atoms with E-state index in [9.17, 15) is 4.79 Å². The molecule has 1 amide bonds. The number of rotatable bonds is 1. The van der Waals surface area contributed by atoms with Crippen LogP contribution >= 0.6 is 0 Å². The van der Waals surface area contributed by atoms with Gasteiger partial charge in [0.05, 0.1) is 5.69 Å². The zero-order valence-electron chi connectivity index (χ0n) is 10.4. The highest BCUT2D eigenvalue weighted by Crippen LogP contribution is 2.33. The van der Waals surface area contributed by atoms with E-state index >= 15 is 0 Å². The van der Waals surface area contributed by atoms with E-state index in [4.69, 9.17) is 4.74 Å². The first-order chi connectivity index (χ1) is 8.74. The molecule has 2 heterocycles.